The van der Waals surface area contributed by atoms with Crippen LogP contribution in [0.4, 0.5) is 5.69 Å². The van der Waals surface area contributed by atoms with Crippen LogP contribution in [0.5, 0.6) is 0 Å². The van der Waals surface area contributed by atoms with E-state index in [1.165, 1.54) is 0 Å². The van der Waals surface area contributed by atoms with E-state index in [-0.39, 0.29) is 10.8 Å². The molecule has 0 unspecified atom stereocenters. The molecule has 3 aromatic carbocycles. The zero-order valence-corrected chi connectivity index (χ0v) is 18.7. The number of nitrogens with zero attached hydrogens (tertiary/aromatic N) is 2. The Balaban J connectivity index is 1.57. The van der Waals surface area contributed by atoms with Crippen LogP contribution in [-0.4, -0.2) is 56.8 Å². The van der Waals surface area contributed by atoms with Gasteiger partial charge in [-0.25, -0.2) is 8.42 Å². The molecule has 0 aliphatic carbocycles. The first-order valence-electron chi connectivity index (χ1n) is 10.5. The molecular weight excluding hydrogens is 410 g/mol. The molecule has 162 valence electrons. The first-order chi connectivity index (χ1) is 14.9. The third-order valence-electron chi connectivity index (χ3n) is 5.87. The minimum absolute atomic E-state index is 0.0677. The smallest absolute Gasteiger partial charge is 0.261 e. The molecule has 1 amide bonds. The predicted octanol–water partition coefficient (Wildman–Crippen LogP) is 3.73. The van der Waals surface area contributed by atoms with E-state index in [4.69, 9.17) is 0 Å². The zero-order chi connectivity index (χ0) is 22.0. The minimum atomic E-state index is -3.79. The number of anilines is 1. The molecule has 1 fully saturated rings. The first kappa shape index (κ1) is 21.3. The van der Waals surface area contributed by atoms with Crippen LogP contribution in [0.3, 0.4) is 0 Å². The van der Waals surface area contributed by atoms with Gasteiger partial charge < -0.3 is 9.80 Å². The Hall–Kier alpha value is -2.90. The van der Waals surface area contributed by atoms with E-state index in [2.05, 4.69) is 16.5 Å². The summed E-state index contributed by atoms with van der Waals surface area (Å²) >= 11 is 0. The maximum Gasteiger partial charge on any atom is 0.261 e. The van der Waals surface area contributed by atoms with Gasteiger partial charge in [-0.05, 0) is 54.1 Å². The number of likely N-dealkylation sites (N-methyl/N-ethyl adjacent to an activating group) is 1. The number of rotatable bonds is 5. The van der Waals surface area contributed by atoms with Crippen LogP contribution in [0, 0.1) is 6.92 Å². The molecule has 0 bridgehead atoms. The quantitative estimate of drug-likeness (QED) is 0.660. The van der Waals surface area contributed by atoms with Crippen molar-refractivity contribution >= 4 is 32.4 Å². The fraction of sp³-hybridized carbons (Fsp3) is 0.292. The van der Waals surface area contributed by atoms with Gasteiger partial charge in [-0.2, -0.15) is 0 Å². The molecule has 1 aliphatic heterocycles. The molecular formula is C24H27N3O3S. The van der Waals surface area contributed by atoms with E-state index >= 15 is 0 Å². The van der Waals surface area contributed by atoms with Gasteiger partial charge in [-0.3, -0.25) is 9.52 Å². The van der Waals surface area contributed by atoms with Gasteiger partial charge in [0.25, 0.3) is 15.9 Å². The van der Waals surface area contributed by atoms with Crippen LogP contribution in [0.25, 0.3) is 10.8 Å². The summed E-state index contributed by atoms with van der Waals surface area (Å²) < 4.78 is 28.8. The summed E-state index contributed by atoms with van der Waals surface area (Å²) in [6.07, 6.45) is 0. The SMILES string of the molecule is CCN1CCN(C(=O)c2ccc(C)c(NS(=O)(=O)c3ccc4ccccc4c3)c2)CC1. The van der Waals surface area contributed by atoms with Crippen molar-refractivity contribution in [3.8, 4) is 0 Å². The number of hydrogen-bond donors (Lipinski definition) is 1. The molecule has 6 nitrogen and oxygen atoms in total. The highest BCUT2D eigenvalue weighted by Gasteiger charge is 2.23. The van der Waals surface area contributed by atoms with Crippen LogP contribution < -0.4 is 4.72 Å². The lowest BCUT2D eigenvalue weighted by atomic mass is 10.1. The van der Waals surface area contributed by atoms with E-state index in [1.54, 1.807) is 36.4 Å². The first-order valence-corrected chi connectivity index (χ1v) is 12.0. The Kier molecular flexibility index (Phi) is 5.98. The number of hydrogen-bond acceptors (Lipinski definition) is 4. The largest absolute Gasteiger partial charge is 0.336 e. The van der Waals surface area contributed by atoms with Crippen LogP contribution in [0.2, 0.25) is 0 Å². The lowest BCUT2D eigenvalue weighted by Gasteiger charge is -2.34. The number of carbonyl (C=O) groups excluding carboxylic acids is 1. The number of carbonyl (C=O) groups is 1. The average Bonchev–Trinajstić information content (AvgIpc) is 2.79. The Labute approximate surface area is 183 Å². The van der Waals surface area contributed by atoms with Crippen LogP contribution >= 0.6 is 0 Å². The minimum Gasteiger partial charge on any atom is -0.336 e. The molecule has 0 radical (unpaired) electrons. The number of piperazine rings is 1. The highest BCUT2D eigenvalue weighted by Crippen LogP contribution is 2.24. The number of fused-ring (bicyclic) bond motifs is 1. The highest BCUT2D eigenvalue weighted by atomic mass is 32.2. The molecule has 1 heterocycles. The maximum absolute atomic E-state index is 13.0. The molecule has 1 saturated heterocycles. The van der Waals surface area contributed by atoms with Crippen LogP contribution in [-0.2, 0) is 10.0 Å². The Bertz CT molecular complexity index is 1220. The molecule has 0 saturated carbocycles. The maximum atomic E-state index is 13.0. The molecule has 1 N–H and O–H groups in total. The van der Waals surface area contributed by atoms with E-state index in [0.717, 1.165) is 36.0 Å². The second-order valence-corrected chi connectivity index (χ2v) is 9.55. The lowest BCUT2D eigenvalue weighted by Crippen LogP contribution is -2.48. The summed E-state index contributed by atoms with van der Waals surface area (Å²) in [5.41, 5.74) is 1.68. The molecule has 1 aliphatic rings. The van der Waals surface area contributed by atoms with Gasteiger partial charge in [-0.1, -0.05) is 43.3 Å². The van der Waals surface area contributed by atoms with Gasteiger partial charge in [0.1, 0.15) is 0 Å². The van der Waals surface area contributed by atoms with Crippen LogP contribution in [0.15, 0.2) is 65.6 Å². The molecule has 0 atom stereocenters. The lowest BCUT2D eigenvalue weighted by molar-refractivity contribution is 0.0643. The van der Waals surface area contributed by atoms with Crippen LogP contribution in [0.1, 0.15) is 22.8 Å². The molecule has 31 heavy (non-hydrogen) atoms. The number of amides is 1. The zero-order valence-electron chi connectivity index (χ0n) is 17.8. The van der Waals surface area contributed by atoms with Crippen molar-refractivity contribution in [3.05, 3.63) is 71.8 Å². The molecule has 4 rings (SSSR count). The van der Waals surface area contributed by atoms with Gasteiger partial charge in [-0.15, -0.1) is 0 Å². The summed E-state index contributed by atoms with van der Waals surface area (Å²) in [5.74, 6) is -0.0677. The third-order valence-corrected chi connectivity index (χ3v) is 7.23. The molecule has 0 aromatic heterocycles. The monoisotopic (exact) mass is 437 g/mol. The summed E-state index contributed by atoms with van der Waals surface area (Å²) in [6, 6.07) is 17.9. The molecule has 0 spiro atoms. The van der Waals surface area contributed by atoms with Crippen molar-refractivity contribution < 1.29 is 13.2 Å². The normalized spacial score (nSPS) is 15.2. The van der Waals surface area contributed by atoms with Gasteiger partial charge in [0.15, 0.2) is 0 Å². The van der Waals surface area contributed by atoms with E-state index in [0.29, 0.717) is 24.3 Å². The van der Waals surface area contributed by atoms with Gasteiger partial charge in [0.2, 0.25) is 0 Å². The van der Waals surface area contributed by atoms with Crippen molar-refractivity contribution in [1.29, 1.82) is 0 Å². The van der Waals surface area contributed by atoms with Gasteiger partial charge >= 0.3 is 0 Å². The topological polar surface area (TPSA) is 69.7 Å². The standard InChI is InChI=1S/C24H27N3O3S/c1-3-26-12-14-27(15-13-26)24(28)21-9-8-18(2)23(17-21)25-31(29,30)22-11-10-19-6-4-5-7-20(19)16-22/h4-11,16-17,25H,3,12-15H2,1-2H3. The summed E-state index contributed by atoms with van der Waals surface area (Å²) in [6.45, 7) is 7.99. The summed E-state index contributed by atoms with van der Waals surface area (Å²) in [7, 11) is -3.79. The van der Waals surface area contributed by atoms with E-state index < -0.39 is 10.0 Å². The number of aryl methyl sites for hydroxylation is 1. The fourth-order valence-corrected chi connectivity index (χ4v) is 5.01. The summed E-state index contributed by atoms with van der Waals surface area (Å²) in [4.78, 5) is 17.3. The van der Waals surface area contributed by atoms with Crippen molar-refractivity contribution in [2.75, 3.05) is 37.4 Å². The Morgan fingerprint density at radius 3 is 2.35 bits per heavy atom. The highest BCUT2D eigenvalue weighted by molar-refractivity contribution is 7.92. The van der Waals surface area contributed by atoms with E-state index in [9.17, 15) is 13.2 Å². The summed E-state index contributed by atoms with van der Waals surface area (Å²) in [5, 5.41) is 1.84. The number of sulfonamides is 1. The van der Waals surface area contributed by atoms with Gasteiger partial charge in [0.05, 0.1) is 10.6 Å². The van der Waals surface area contributed by atoms with E-state index in [1.807, 2.05) is 36.1 Å². The Morgan fingerprint density at radius 1 is 0.935 bits per heavy atom. The molecule has 7 heteroatoms. The van der Waals surface area contributed by atoms with Crippen molar-refractivity contribution in [1.82, 2.24) is 9.80 Å². The third kappa shape index (κ3) is 4.57. The van der Waals surface area contributed by atoms with Gasteiger partial charge in [0, 0.05) is 31.7 Å². The van der Waals surface area contributed by atoms with Crippen molar-refractivity contribution in [2.45, 2.75) is 18.7 Å². The van der Waals surface area contributed by atoms with Crippen molar-refractivity contribution in [2.24, 2.45) is 0 Å². The average molecular weight is 438 g/mol. The second-order valence-electron chi connectivity index (χ2n) is 7.87. The predicted molar refractivity (Wildman–Crippen MR) is 124 cm³/mol. The number of nitrogens with one attached hydrogen (secondary N) is 1. The molecule has 3 aromatic rings. The number of benzene rings is 3. The Morgan fingerprint density at radius 2 is 1.65 bits per heavy atom. The second kappa shape index (κ2) is 8.69. The van der Waals surface area contributed by atoms with Crippen molar-refractivity contribution in [3.63, 3.8) is 0 Å². The fourth-order valence-electron chi connectivity index (χ4n) is 3.85.